The molecule has 2 aromatic rings. The number of nitrogens with zero attached hydrogens (tertiary/aromatic N) is 4. The van der Waals surface area contributed by atoms with Crippen molar-refractivity contribution in [3.63, 3.8) is 0 Å². The summed E-state index contributed by atoms with van der Waals surface area (Å²) in [5, 5.41) is 15.4. The number of amides is 1. The second-order valence-electron chi connectivity index (χ2n) is 9.75. The number of ether oxygens (including phenoxy) is 2. The quantitative estimate of drug-likeness (QED) is 0.775. The Hall–Kier alpha value is -2.81. The second kappa shape index (κ2) is 8.37. The summed E-state index contributed by atoms with van der Waals surface area (Å²) in [7, 11) is 0. The number of aromatic nitrogens is 2. The number of benzene rings is 1. The van der Waals surface area contributed by atoms with E-state index in [9.17, 15) is 14.7 Å². The highest BCUT2D eigenvalue weighted by Crippen LogP contribution is 2.29. The molecule has 0 saturated carbocycles. The molecule has 0 bridgehead atoms. The van der Waals surface area contributed by atoms with Gasteiger partial charge in [0.15, 0.2) is 0 Å². The molecule has 0 atom stereocenters. The predicted octanol–water partition coefficient (Wildman–Crippen LogP) is 3.58. The smallest absolute Gasteiger partial charge is 0.435 e. The van der Waals surface area contributed by atoms with E-state index in [1.165, 1.54) is 4.68 Å². The first-order valence-electron chi connectivity index (χ1n) is 10.5. The number of rotatable bonds is 2. The van der Waals surface area contributed by atoms with Gasteiger partial charge in [-0.15, -0.1) is 0 Å². The number of piperazine rings is 1. The van der Waals surface area contributed by atoms with Gasteiger partial charge in [-0.3, -0.25) is 4.90 Å². The normalized spacial score (nSPS) is 15.9. The third-order valence-electron chi connectivity index (χ3n) is 4.72. The van der Waals surface area contributed by atoms with E-state index >= 15 is 0 Å². The third-order valence-corrected chi connectivity index (χ3v) is 4.72. The highest BCUT2D eigenvalue weighted by molar-refractivity contribution is 5.93. The molecule has 1 aromatic heterocycles. The first-order valence-corrected chi connectivity index (χ1v) is 10.5. The Balaban J connectivity index is 1.75. The van der Waals surface area contributed by atoms with Gasteiger partial charge >= 0.3 is 12.2 Å². The second-order valence-corrected chi connectivity index (χ2v) is 9.75. The molecular formula is C22H32N4O5. The first kappa shape index (κ1) is 22.9. The maximum Gasteiger partial charge on any atom is 0.435 e. The van der Waals surface area contributed by atoms with Gasteiger partial charge in [0.1, 0.15) is 17.0 Å². The summed E-state index contributed by atoms with van der Waals surface area (Å²) in [6.45, 7) is 13.7. The molecule has 3 rings (SSSR count). The number of phenols is 1. The Bertz CT molecular complexity index is 963. The molecule has 0 radical (unpaired) electrons. The zero-order valence-corrected chi connectivity index (χ0v) is 19.1. The Morgan fingerprint density at radius 1 is 0.968 bits per heavy atom. The number of phenolic OH excluding ortho intramolecular Hbond substituents is 1. The summed E-state index contributed by atoms with van der Waals surface area (Å²) in [5.41, 5.74) is -0.106. The fourth-order valence-corrected chi connectivity index (χ4v) is 3.41. The molecule has 1 N–H and O–H groups in total. The largest absolute Gasteiger partial charge is 0.507 e. The lowest BCUT2D eigenvalue weighted by Crippen LogP contribution is -2.49. The fourth-order valence-electron chi connectivity index (χ4n) is 3.41. The highest BCUT2D eigenvalue weighted by atomic mass is 16.6. The molecule has 1 aliphatic heterocycles. The maximum absolute atomic E-state index is 12.6. The molecular weight excluding hydrogens is 400 g/mol. The molecule has 0 spiro atoms. The van der Waals surface area contributed by atoms with Crippen LogP contribution in [0, 0.1) is 0 Å². The predicted molar refractivity (Wildman–Crippen MR) is 116 cm³/mol. The SMILES string of the molecule is CC(C)(C)OC(=O)N1CCN(Cc2nn(C(=O)OC(C)(C)C)c3cccc(O)c23)CC1. The molecule has 1 aliphatic rings. The van der Waals surface area contributed by atoms with Crippen LogP contribution in [0.5, 0.6) is 5.75 Å². The molecule has 1 saturated heterocycles. The van der Waals surface area contributed by atoms with Crippen LogP contribution in [0.2, 0.25) is 0 Å². The van der Waals surface area contributed by atoms with Crippen molar-refractivity contribution in [1.82, 2.24) is 19.6 Å². The molecule has 0 unspecified atom stereocenters. The minimum Gasteiger partial charge on any atom is -0.507 e. The van der Waals surface area contributed by atoms with E-state index in [0.717, 1.165) is 0 Å². The van der Waals surface area contributed by atoms with E-state index in [1.54, 1.807) is 43.9 Å². The minimum atomic E-state index is -0.662. The number of fused-ring (bicyclic) bond motifs is 1. The molecule has 9 nitrogen and oxygen atoms in total. The van der Waals surface area contributed by atoms with Gasteiger partial charge in [0, 0.05) is 32.7 Å². The Morgan fingerprint density at radius 2 is 1.55 bits per heavy atom. The molecule has 2 heterocycles. The zero-order chi connectivity index (χ0) is 23.0. The summed E-state index contributed by atoms with van der Waals surface area (Å²) in [5.74, 6) is 0.0645. The Morgan fingerprint density at radius 3 is 2.13 bits per heavy atom. The summed E-state index contributed by atoms with van der Waals surface area (Å²) in [4.78, 5) is 28.7. The van der Waals surface area contributed by atoms with Crippen molar-refractivity contribution < 1.29 is 24.2 Å². The van der Waals surface area contributed by atoms with Crippen molar-refractivity contribution in [3.8, 4) is 5.75 Å². The highest BCUT2D eigenvalue weighted by Gasteiger charge is 2.28. The molecule has 1 aromatic carbocycles. The molecule has 31 heavy (non-hydrogen) atoms. The summed E-state index contributed by atoms with van der Waals surface area (Å²) >= 11 is 0. The topological polar surface area (TPSA) is 97.1 Å². The lowest BCUT2D eigenvalue weighted by Gasteiger charge is -2.35. The molecule has 0 aliphatic carbocycles. The molecule has 1 amide bonds. The van der Waals surface area contributed by atoms with Crippen LogP contribution in [0.15, 0.2) is 18.2 Å². The van der Waals surface area contributed by atoms with Crippen LogP contribution in [0.25, 0.3) is 10.9 Å². The van der Waals surface area contributed by atoms with Gasteiger partial charge in [0.25, 0.3) is 0 Å². The van der Waals surface area contributed by atoms with Crippen LogP contribution in [0.3, 0.4) is 0 Å². The number of hydrogen-bond donors (Lipinski definition) is 1. The number of carbonyl (C=O) groups excluding carboxylic acids is 2. The van der Waals surface area contributed by atoms with E-state index < -0.39 is 17.3 Å². The molecule has 1 fully saturated rings. The van der Waals surface area contributed by atoms with Crippen molar-refractivity contribution in [3.05, 3.63) is 23.9 Å². The van der Waals surface area contributed by atoms with Crippen LogP contribution >= 0.6 is 0 Å². The summed E-state index contributed by atoms with van der Waals surface area (Å²) in [6, 6.07) is 4.98. The van der Waals surface area contributed by atoms with Crippen LogP contribution in [0.1, 0.15) is 47.2 Å². The van der Waals surface area contributed by atoms with Crippen molar-refractivity contribution in [2.45, 2.75) is 59.3 Å². The monoisotopic (exact) mass is 432 g/mol. The van der Waals surface area contributed by atoms with Gasteiger partial charge in [-0.2, -0.15) is 9.78 Å². The van der Waals surface area contributed by atoms with E-state index in [2.05, 4.69) is 10.00 Å². The van der Waals surface area contributed by atoms with E-state index in [0.29, 0.717) is 49.3 Å². The lowest BCUT2D eigenvalue weighted by atomic mass is 10.1. The lowest BCUT2D eigenvalue weighted by molar-refractivity contribution is 0.0137. The van der Waals surface area contributed by atoms with Crippen LogP contribution in [0.4, 0.5) is 9.59 Å². The van der Waals surface area contributed by atoms with Gasteiger partial charge in [-0.1, -0.05) is 6.07 Å². The van der Waals surface area contributed by atoms with Crippen molar-refractivity contribution in [2.75, 3.05) is 26.2 Å². The maximum atomic E-state index is 12.6. The third kappa shape index (κ3) is 5.66. The average Bonchev–Trinajstić information content (AvgIpc) is 2.99. The average molecular weight is 433 g/mol. The van der Waals surface area contributed by atoms with Crippen molar-refractivity contribution >= 4 is 23.1 Å². The van der Waals surface area contributed by atoms with Gasteiger partial charge in [0.2, 0.25) is 0 Å². The van der Waals surface area contributed by atoms with Gasteiger partial charge in [-0.25, -0.2) is 9.59 Å². The Kier molecular flexibility index (Phi) is 6.18. The number of aromatic hydroxyl groups is 1. The van der Waals surface area contributed by atoms with Gasteiger partial charge in [0.05, 0.1) is 16.6 Å². The minimum absolute atomic E-state index is 0.0645. The number of carbonyl (C=O) groups is 2. The summed E-state index contributed by atoms with van der Waals surface area (Å²) in [6.07, 6.45) is -0.909. The van der Waals surface area contributed by atoms with Crippen molar-refractivity contribution in [2.24, 2.45) is 0 Å². The Labute approximate surface area is 182 Å². The summed E-state index contributed by atoms with van der Waals surface area (Å²) < 4.78 is 12.1. The van der Waals surface area contributed by atoms with E-state index in [1.807, 2.05) is 20.8 Å². The van der Waals surface area contributed by atoms with Gasteiger partial charge < -0.3 is 19.5 Å². The zero-order valence-electron chi connectivity index (χ0n) is 19.1. The molecule has 9 heteroatoms. The van der Waals surface area contributed by atoms with Gasteiger partial charge in [-0.05, 0) is 53.7 Å². The fraction of sp³-hybridized carbons (Fsp3) is 0.591. The first-order chi connectivity index (χ1) is 14.3. The number of hydrogen-bond acceptors (Lipinski definition) is 7. The molecule has 170 valence electrons. The van der Waals surface area contributed by atoms with Crippen LogP contribution < -0.4 is 0 Å². The van der Waals surface area contributed by atoms with Crippen molar-refractivity contribution in [1.29, 1.82) is 0 Å². The van der Waals surface area contributed by atoms with E-state index in [4.69, 9.17) is 9.47 Å². The van der Waals surface area contributed by atoms with Crippen LogP contribution in [-0.2, 0) is 16.0 Å². The standard InChI is InChI=1S/C22H32N4O5/c1-21(2,3)30-19(28)25-12-10-24(11-13-25)14-15-18-16(8-7-9-17(18)27)26(23-15)20(29)31-22(4,5)6/h7-9,27H,10-14H2,1-6H3. The van der Waals surface area contributed by atoms with E-state index in [-0.39, 0.29) is 11.8 Å². The van der Waals surface area contributed by atoms with Crippen LogP contribution in [-0.4, -0.2) is 74.3 Å².